The van der Waals surface area contributed by atoms with Gasteiger partial charge < -0.3 is 15.0 Å². The van der Waals surface area contributed by atoms with Crippen LogP contribution in [0.1, 0.15) is 47.0 Å². The monoisotopic (exact) mass is 392 g/mol. The summed E-state index contributed by atoms with van der Waals surface area (Å²) in [5.74, 6) is -0.444. The molecular weight excluding hydrogens is 372 g/mol. The van der Waals surface area contributed by atoms with Crippen LogP contribution < -0.4 is 5.32 Å². The lowest BCUT2D eigenvalue weighted by Crippen LogP contribution is -2.38. The Labute approximate surface area is 161 Å². The fourth-order valence-electron chi connectivity index (χ4n) is 3.23. The number of rotatable bonds is 3. The van der Waals surface area contributed by atoms with Gasteiger partial charge in [0.25, 0.3) is 0 Å². The second-order valence-corrected chi connectivity index (χ2v) is 7.55. The van der Waals surface area contributed by atoms with Crippen molar-refractivity contribution < 1.29 is 14.3 Å². The topological polar surface area (TPSA) is 58.6 Å². The van der Waals surface area contributed by atoms with Gasteiger partial charge in [-0.05, 0) is 42.0 Å². The Morgan fingerprint density at radius 1 is 1.19 bits per heavy atom. The van der Waals surface area contributed by atoms with Gasteiger partial charge in [-0.25, -0.2) is 9.59 Å². The van der Waals surface area contributed by atoms with E-state index in [1.165, 1.54) is 18.4 Å². The first-order chi connectivity index (χ1) is 12.6. The van der Waals surface area contributed by atoms with Crippen LogP contribution in [-0.4, -0.2) is 30.6 Å². The Hall–Kier alpha value is -2.05. The second kappa shape index (κ2) is 8.56. The normalized spacial score (nSPS) is 17.5. The van der Waals surface area contributed by atoms with Crippen LogP contribution in [0.25, 0.3) is 0 Å². The molecule has 0 spiro atoms. The van der Waals surface area contributed by atoms with E-state index in [2.05, 4.69) is 5.32 Å². The van der Waals surface area contributed by atoms with Crippen LogP contribution in [0.4, 0.5) is 10.5 Å². The molecule has 1 N–H and O–H groups in total. The zero-order chi connectivity index (χ0) is 18.5. The Bertz CT molecular complexity index is 775. The average molecular weight is 393 g/mol. The van der Waals surface area contributed by atoms with E-state index in [0.717, 1.165) is 31.2 Å². The standard InChI is InChI=1S/C19H21ClN2O3S/c1-25-18(23)17-15(10-12-26-17)21-19(24)22-11-4-2-3-5-16(22)13-6-8-14(20)9-7-13/h6-10,12,16H,2-5,11H2,1H3,(H,21,24)/t16-/m0/s1. The highest BCUT2D eigenvalue weighted by atomic mass is 35.5. The lowest BCUT2D eigenvalue weighted by Gasteiger charge is -2.30. The predicted octanol–water partition coefficient (Wildman–Crippen LogP) is 5.34. The maximum absolute atomic E-state index is 13.0. The molecule has 1 aliphatic heterocycles. The minimum absolute atomic E-state index is 0.00465. The molecule has 0 aliphatic carbocycles. The number of anilines is 1. The molecule has 1 fully saturated rings. The molecule has 0 unspecified atom stereocenters. The molecule has 5 nitrogen and oxygen atoms in total. The summed E-state index contributed by atoms with van der Waals surface area (Å²) in [7, 11) is 1.33. The summed E-state index contributed by atoms with van der Waals surface area (Å²) in [4.78, 5) is 27.1. The number of urea groups is 1. The van der Waals surface area contributed by atoms with Crippen LogP contribution in [0.3, 0.4) is 0 Å². The summed E-state index contributed by atoms with van der Waals surface area (Å²) >= 11 is 7.25. The lowest BCUT2D eigenvalue weighted by atomic mass is 10.0. The summed E-state index contributed by atoms with van der Waals surface area (Å²) in [6.07, 6.45) is 4.04. The number of hydrogen-bond donors (Lipinski definition) is 1. The van der Waals surface area contributed by atoms with E-state index in [9.17, 15) is 9.59 Å². The lowest BCUT2D eigenvalue weighted by molar-refractivity contribution is 0.0607. The number of carbonyl (C=O) groups is 2. The SMILES string of the molecule is COC(=O)c1sccc1NC(=O)N1CCCCC[C@H]1c1ccc(Cl)cc1. The zero-order valence-electron chi connectivity index (χ0n) is 14.5. The highest BCUT2D eigenvalue weighted by molar-refractivity contribution is 7.12. The number of benzene rings is 1. The van der Waals surface area contributed by atoms with Gasteiger partial charge in [-0.3, -0.25) is 0 Å². The molecule has 1 atom stereocenters. The molecule has 3 rings (SSSR count). The van der Waals surface area contributed by atoms with E-state index < -0.39 is 5.97 Å². The highest BCUT2D eigenvalue weighted by Crippen LogP contribution is 2.32. The number of esters is 1. The number of carbonyl (C=O) groups excluding carboxylic acids is 2. The van der Waals surface area contributed by atoms with Crippen LogP contribution in [0, 0.1) is 0 Å². The number of methoxy groups -OCH3 is 1. The van der Waals surface area contributed by atoms with Crippen molar-refractivity contribution in [3.8, 4) is 0 Å². The van der Waals surface area contributed by atoms with Crippen LogP contribution in [0.5, 0.6) is 0 Å². The third-order valence-electron chi connectivity index (χ3n) is 4.55. The van der Waals surface area contributed by atoms with Gasteiger partial charge >= 0.3 is 12.0 Å². The van der Waals surface area contributed by atoms with Crippen LogP contribution in [0.15, 0.2) is 35.7 Å². The van der Waals surface area contributed by atoms with Crippen molar-refractivity contribution in [1.82, 2.24) is 4.90 Å². The van der Waals surface area contributed by atoms with Crippen molar-refractivity contribution in [2.45, 2.75) is 31.7 Å². The molecule has 26 heavy (non-hydrogen) atoms. The van der Waals surface area contributed by atoms with E-state index in [-0.39, 0.29) is 12.1 Å². The Morgan fingerprint density at radius 3 is 2.69 bits per heavy atom. The molecule has 2 heterocycles. The van der Waals surface area contributed by atoms with Crippen LogP contribution in [0.2, 0.25) is 5.02 Å². The van der Waals surface area contributed by atoms with Crippen molar-refractivity contribution in [1.29, 1.82) is 0 Å². The third-order valence-corrected chi connectivity index (χ3v) is 5.69. The highest BCUT2D eigenvalue weighted by Gasteiger charge is 2.28. The van der Waals surface area contributed by atoms with Crippen molar-refractivity contribution >= 4 is 40.6 Å². The molecule has 0 saturated carbocycles. The Balaban J connectivity index is 1.82. The first-order valence-electron chi connectivity index (χ1n) is 8.59. The quantitative estimate of drug-likeness (QED) is 0.717. The van der Waals surface area contributed by atoms with Gasteiger partial charge in [0.15, 0.2) is 0 Å². The molecule has 2 aromatic rings. The average Bonchev–Trinajstić information content (AvgIpc) is 2.96. The third kappa shape index (κ3) is 4.19. The van der Waals surface area contributed by atoms with E-state index >= 15 is 0 Å². The zero-order valence-corrected chi connectivity index (χ0v) is 16.1. The maximum atomic E-state index is 13.0. The van der Waals surface area contributed by atoms with Gasteiger partial charge in [0.05, 0.1) is 18.8 Å². The Morgan fingerprint density at radius 2 is 1.96 bits per heavy atom. The fourth-order valence-corrected chi connectivity index (χ4v) is 4.12. The smallest absolute Gasteiger partial charge is 0.350 e. The van der Waals surface area contributed by atoms with Crippen LogP contribution >= 0.6 is 22.9 Å². The molecule has 7 heteroatoms. The van der Waals surface area contributed by atoms with Gasteiger partial charge in [0, 0.05) is 11.6 Å². The number of hydrogen-bond acceptors (Lipinski definition) is 4. The number of halogens is 1. The van der Waals surface area contributed by atoms with Crippen molar-refractivity contribution in [2.24, 2.45) is 0 Å². The van der Waals surface area contributed by atoms with E-state index in [4.69, 9.17) is 16.3 Å². The molecule has 2 amide bonds. The van der Waals surface area contributed by atoms with Crippen LogP contribution in [-0.2, 0) is 4.74 Å². The molecule has 0 radical (unpaired) electrons. The molecule has 1 saturated heterocycles. The molecule has 1 aromatic carbocycles. The molecule has 0 bridgehead atoms. The maximum Gasteiger partial charge on any atom is 0.350 e. The number of nitrogens with one attached hydrogen (secondary N) is 1. The van der Waals surface area contributed by atoms with Crippen molar-refractivity contribution in [2.75, 3.05) is 19.0 Å². The largest absolute Gasteiger partial charge is 0.465 e. The van der Waals surface area contributed by atoms with Crippen molar-refractivity contribution in [3.05, 3.63) is 51.2 Å². The van der Waals surface area contributed by atoms with Gasteiger partial charge in [0.1, 0.15) is 4.88 Å². The van der Waals surface area contributed by atoms with Gasteiger partial charge in [0.2, 0.25) is 0 Å². The Kier molecular flexibility index (Phi) is 6.16. The first kappa shape index (κ1) is 18.7. The van der Waals surface area contributed by atoms with E-state index in [0.29, 0.717) is 22.1 Å². The van der Waals surface area contributed by atoms with E-state index in [1.54, 1.807) is 11.4 Å². The minimum Gasteiger partial charge on any atom is -0.465 e. The first-order valence-corrected chi connectivity index (χ1v) is 9.85. The summed E-state index contributed by atoms with van der Waals surface area (Å²) in [5, 5.41) is 5.33. The van der Waals surface area contributed by atoms with Gasteiger partial charge in [-0.1, -0.05) is 36.6 Å². The number of likely N-dealkylation sites (tertiary alicyclic amines) is 1. The number of amides is 2. The summed E-state index contributed by atoms with van der Waals surface area (Å²) < 4.78 is 4.78. The molecular formula is C19H21ClN2O3S. The summed E-state index contributed by atoms with van der Waals surface area (Å²) in [5.41, 5.74) is 1.57. The van der Waals surface area contributed by atoms with E-state index in [1.807, 2.05) is 29.2 Å². The minimum atomic E-state index is -0.444. The summed E-state index contributed by atoms with van der Waals surface area (Å²) in [6.45, 7) is 0.677. The number of thiophene rings is 1. The summed E-state index contributed by atoms with van der Waals surface area (Å²) in [6, 6.07) is 9.18. The number of ether oxygens (including phenoxy) is 1. The van der Waals surface area contributed by atoms with Gasteiger partial charge in [-0.15, -0.1) is 11.3 Å². The molecule has 1 aliphatic rings. The fraction of sp³-hybridized carbons (Fsp3) is 0.368. The predicted molar refractivity (Wildman–Crippen MR) is 104 cm³/mol. The number of nitrogens with zero attached hydrogens (tertiary/aromatic N) is 1. The molecule has 1 aromatic heterocycles. The molecule has 138 valence electrons. The van der Waals surface area contributed by atoms with Gasteiger partial charge in [-0.2, -0.15) is 0 Å². The van der Waals surface area contributed by atoms with Crippen molar-refractivity contribution in [3.63, 3.8) is 0 Å². The second-order valence-electron chi connectivity index (χ2n) is 6.20.